The second-order valence-corrected chi connectivity index (χ2v) is 6.64. The average molecular weight is 363 g/mol. The molecule has 0 aliphatic carbocycles. The third-order valence-corrected chi connectivity index (χ3v) is 4.93. The largest absolute Gasteiger partial charge is 0.468 e. The SMILES string of the molecule is CCN(CC)[C@@H](CNC(=O)CN(C)C(=O)c1cccs1)c1ccco1. The Kier molecular flexibility index (Phi) is 7.21. The quantitative estimate of drug-likeness (QED) is 0.744. The van der Waals surface area contributed by atoms with E-state index in [4.69, 9.17) is 4.42 Å². The van der Waals surface area contributed by atoms with Crippen LogP contribution in [-0.2, 0) is 4.79 Å². The van der Waals surface area contributed by atoms with E-state index >= 15 is 0 Å². The van der Waals surface area contributed by atoms with Gasteiger partial charge in [-0.1, -0.05) is 19.9 Å². The van der Waals surface area contributed by atoms with Gasteiger partial charge in [-0.25, -0.2) is 0 Å². The van der Waals surface area contributed by atoms with Crippen molar-refractivity contribution in [3.05, 3.63) is 46.5 Å². The van der Waals surface area contributed by atoms with Crippen LogP contribution in [0.25, 0.3) is 0 Å². The number of likely N-dealkylation sites (N-methyl/N-ethyl adjacent to an activating group) is 2. The first kappa shape index (κ1) is 19.2. The summed E-state index contributed by atoms with van der Waals surface area (Å²) in [5.74, 6) is 0.500. The van der Waals surface area contributed by atoms with Gasteiger partial charge in [0.2, 0.25) is 5.91 Å². The number of carbonyl (C=O) groups excluding carboxylic acids is 2. The average Bonchev–Trinajstić information content (AvgIpc) is 3.31. The predicted molar refractivity (Wildman–Crippen MR) is 98.7 cm³/mol. The summed E-state index contributed by atoms with van der Waals surface area (Å²) in [6, 6.07) is 7.33. The molecule has 1 N–H and O–H groups in total. The van der Waals surface area contributed by atoms with Gasteiger partial charge in [-0.15, -0.1) is 11.3 Å². The number of hydrogen-bond acceptors (Lipinski definition) is 5. The van der Waals surface area contributed by atoms with Crippen LogP contribution in [0.3, 0.4) is 0 Å². The van der Waals surface area contributed by atoms with Gasteiger partial charge < -0.3 is 14.6 Å². The Balaban J connectivity index is 1.91. The number of nitrogens with one attached hydrogen (secondary N) is 1. The number of carbonyl (C=O) groups is 2. The summed E-state index contributed by atoms with van der Waals surface area (Å²) in [6.07, 6.45) is 1.64. The third kappa shape index (κ3) is 5.17. The van der Waals surface area contributed by atoms with Crippen molar-refractivity contribution in [1.29, 1.82) is 0 Å². The summed E-state index contributed by atoms with van der Waals surface area (Å²) in [5, 5.41) is 4.77. The Morgan fingerprint density at radius 1 is 1.24 bits per heavy atom. The lowest BCUT2D eigenvalue weighted by Gasteiger charge is -2.28. The van der Waals surface area contributed by atoms with Crippen molar-refractivity contribution in [3.8, 4) is 0 Å². The van der Waals surface area contributed by atoms with E-state index in [1.54, 1.807) is 19.4 Å². The Morgan fingerprint density at radius 3 is 2.56 bits per heavy atom. The molecular weight excluding hydrogens is 338 g/mol. The minimum Gasteiger partial charge on any atom is -0.468 e. The number of thiophene rings is 1. The van der Waals surface area contributed by atoms with Gasteiger partial charge in [0.1, 0.15) is 5.76 Å². The van der Waals surface area contributed by atoms with Crippen LogP contribution in [0, 0.1) is 0 Å². The molecule has 0 aromatic carbocycles. The molecule has 136 valence electrons. The number of furan rings is 1. The molecule has 1 atom stereocenters. The lowest BCUT2D eigenvalue weighted by molar-refractivity contribution is -0.121. The molecule has 0 fully saturated rings. The van der Waals surface area contributed by atoms with Crippen LogP contribution in [0.1, 0.15) is 35.3 Å². The highest BCUT2D eigenvalue weighted by molar-refractivity contribution is 7.12. The summed E-state index contributed by atoms with van der Waals surface area (Å²) >= 11 is 1.37. The summed E-state index contributed by atoms with van der Waals surface area (Å²) < 4.78 is 5.52. The number of nitrogens with zero attached hydrogens (tertiary/aromatic N) is 2. The standard InChI is InChI=1S/C18H25N3O3S/c1-4-21(5-2)14(15-8-6-10-24-15)12-19-17(22)13-20(3)18(23)16-9-7-11-25-16/h6-11,14H,4-5,12-13H2,1-3H3,(H,19,22)/t14-/m0/s1. The van der Waals surface area contributed by atoms with E-state index < -0.39 is 0 Å². The molecule has 0 aliphatic rings. The Labute approximate surface area is 152 Å². The monoisotopic (exact) mass is 363 g/mol. The maximum atomic E-state index is 12.3. The van der Waals surface area contributed by atoms with Crippen LogP contribution in [0.5, 0.6) is 0 Å². The van der Waals surface area contributed by atoms with Gasteiger partial charge in [-0.2, -0.15) is 0 Å². The molecule has 7 heteroatoms. The van der Waals surface area contributed by atoms with Gasteiger partial charge in [0.05, 0.1) is 23.7 Å². The first-order valence-corrected chi connectivity index (χ1v) is 9.27. The fourth-order valence-electron chi connectivity index (χ4n) is 2.70. The van der Waals surface area contributed by atoms with E-state index in [1.165, 1.54) is 16.2 Å². The van der Waals surface area contributed by atoms with Crippen molar-refractivity contribution in [1.82, 2.24) is 15.1 Å². The fourth-order valence-corrected chi connectivity index (χ4v) is 3.41. The van der Waals surface area contributed by atoms with Crippen LogP contribution in [-0.4, -0.2) is 54.8 Å². The molecule has 0 aliphatic heterocycles. The molecule has 0 bridgehead atoms. The highest BCUT2D eigenvalue weighted by Crippen LogP contribution is 2.20. The third-order valence-electron chi connectivity index (χ3n) is 4.08. The van der Waals surface area contributed by atoms with Crippen LogP contribution in [0.4, 0.5) is 0 Å². The summed E-state index contributed by atoms with van der Waals surface area (Å²) in [4.78, 5) is 28.7. The number of hydrogen-bond donors (Lipinski definition) is 1. The molecule has 2 heterocycles. The summed E-state index contributed by atoms with van der Waals surface area (Å²) in [6.45, 7) is 6.33. The molecule has 0 spiro atoms. The minimum atomic E-state index is -0.184. The lowest BCUT2D eigenvalue weighted by atomic mass is 10.2. The highest BCUT2D eigenvalue weighted by Gasteiger charge is 2.22. The normalized spacial score (nSPS) is 12.2. The van der Waals surface area contributed by atoms with Crippen molar-refractivity contribution in [3.63, 3.8) is 0 Å². The second kappa shape index (κ2) is 9.39. The van der Waals surface area contributed by atoms with Gasteiger partial charge in [-0.3, -0.25) is 14.5 Å². The molecule has 0 unspecified atom stereocenters. The van der Waals surface area contributed by atoms with Crippen molar-refractivity contribution in [2.45, 2.75) is 19.9 Å². The fraction of sp³-hybridized carbons (Fsp3) is 0.444. The first-order valence-electron chi connectivity index (χ1n) is 8.39. The van der Waals surface area contributed by atoms with E-state index in [0.717, 1.165) is 18.8 Å². The van der Waals surface area contributed by atoms with Gasteiger partial charge in [0, 0.05) is 13.6 Å². The van der Waals surface area contributed by atoms with Crippen LogP contribution in [0.15, 0.2) is 40.3 Å². The molecule has 2 aromatic heterocycles. The zero-order valence-corrected chi connectivity index (χ0v) is 15.7. The molecule has 0 radical (unpaired) electrons. The summed E-state index contributed by atoms with van der Waals surface area (Å²) in [7, 11) is 1.63. The van der Waals surface area contributed by atoms with E-state index in [0.29, 0.717) is 11.4 Å². The lowest BCUT2D eigenvalue weighted by Crippen LogP contribution is -2.42. The highest BCUT2D eigenvalue weighted by atomic mass is 32.1. The summed E-state index contributed by atoms with van der Waals surface area (Å²) in [5.41, 5.74) is 0. The Hall–Kier alpha value is -2.12. The molecule has 2 rings (SSSR count). The molecular formula is C18H25N3O3S. The predicted octanol–water partition coefficient (Wildman–Crippen LogP) is 2.61. The maximum absolute atomic E-state index is 12.3. The zero-order valence-electron chi connectivity index (χ0n) is 14.9. The molecule has 0 saturated heterocycles. The van der Waals surface area contributed by atoms with E-state index in [9.17, 15) is 9.59 Å². The van der Waals surface area contributed by atoms with Crippen molar-refractivity contribution in [2.75, 3.05) is 33.2 Å². The van der Waals surface area contributed by atoms with Crippen molar-refractivity contribution < 1.29 is 14.0 Å². The van der Waals surface area contributed by atoms with Gasteiger partial charge in [0.25, 0.3) is 5.91 Å². The maximum Gasteiger partial charge on any atom is 0.264 e. The number of rotatable bonds is 9. The van der Waals surface area contributed by atoms with Gasteiger partial charge in [0.15, 0.2) is 0 Å². The first-order chi connectivity index (χ1) is 12.1. The Bertz CT molecular complexity index is 651. The van der Waals surface area contributed by atoms with Crippen molar-refractivity contribution >= 4 is 23.2 Å². The van der Waals surface area contributed by atoms with Crippen molar-refractivity contribution in [2.24, 2.45) is 0 Å². The van der Waals surface area contributed by atoms with E-state index in [2.05, 4.69) is 24.1 Å². The molecule has 0 saturated carbocycles. The van der Waals surface area contributed by atoms with Crippen LogP contribution in [0.2, 0.25) is 0 Å². The molecule has 2 amide bonds. The molecule has 2 aromatic rings. The van der Waals surface area contributed by atoms with Gasteiger partial charge in [-0.05, 0) is 36.7 Å². The van der Waals surface area contributed by atoms with E-state index in [-0.39, 0.29) is 24.4 Å². The van der Waals surface area contributed by atoms with E-state index in [1.807, 2.05) is 23.6 Å². The zero-order chi connectivity index (χ0) is 18.2. The smallest absolute Gasteiger partial charge is 0.264 e. The second-order valence-electron chi connectivity index (χ2n) is 5.70. The minimum absolute atomic E-state index is 0.0211. The van der Waals surface area contributed by atoms with Crippen LogP contribution >= 0.6 is 11.3 Å². The molecule has 6 nitrogen and oxygen atoms in total. The Morgan fingerprint density at radius 2 is 2.00 bits per heavy atom. The van der Waals surface area contributed by atoms with Crippen LogP contribution < -0.4 is 5.32 Å². The topological polar surface area (TPSA) is 65.8 Å². The van der Waals surface area contributed by atoms with Gasteiger partial charge >= 0.3 is 0 Å². The number of amides is 2. The molecule has 25 heavy (non-hydrogen) atoms.